The Morgan fingerprint density at radius 2 is 2.13 bits per heavy atom. The van der Waals surface area contributed by atoms with Crippen molar-refractivity contribution in [3.63, 3.8) is 0 Å². The first kappa shape index (κ1) is 15.5. The molecule has 23 heavy (non-hydrogen) atoms. The smallest absolute Gasteiger partial charge is 0.351 e. The second-order valence-electron chi connectivity index (χ2n) is 5.17. The highest BCUT2D eigenvalue weighted by Crippen LogP contribution is 2.28. The van der Waals surface area contributed by atoms with Crippen LogP contribution in [0.4, 0.5) is 5.82 Å². The van der Waals surface area contributed by atoms with Crippen molar-refractivity contribution in [2.75, 3.05) is 12.1 Å². The minimum absolute atomic E-state index is 0.0498. The summed E-state index contributed by atoms with van der Waals surface area (Å²) in [6, 6.07) is 10.7. The zero-order valence-electron chi connectivity index (χ0n) is 12.2. The fraction of sp³-hybridized carbons (Fsp3) is 0.333. The van der Waals surface area contributed by atoms with Crippen LogP contribution in [0.5, 0.6) is 5.75 Å². The number of aromatic nitrogens is 2. The van der Waals surface area contributed by atoms with Gasteiger partial charge in [0.25, 0.3) is 0 Å². The summed E-state index contributed by atoms with van der Waals surface area (Å²) in [5.41, 5.74) is 1.23. The van der Waals surface area contributed by atoms with E-state index < -0.39 is 24.1 Å². The Balaban J connectivity index is 1.65. The van der Waals surface area contributed by atoms with Crippen LogP contribution >= 0.6 is 0 Å². The van der Waals surface area contributed by atoms with Gasteiger partial charge in [-0.3, -0.25) is 15.3 Å². The molecule has 1 saturated heterocycles. The highest BCUT2D eigenvalue weighted by Gasteiger charge is 2.36. The Bertz CT molecular complexity index is 706. The summed E-state index contributed by atoms with van der Waals surface area (Å²) in [6.45, 7) is 0.181. The lowest BCUT2D eigenvalue weighted by Crippen LogP contribution is -2.29. The van der Waals surface area contributed by atoms with Gasteiger partial charge in [-0.2, -0.15) is 4.98 Å². The van der Waals surface area contributed by atoms with Gasteiger partial charge < -0.3 is 14.6 Å². The Hall–Kier alpha value is -2.42. The molecule has 0 aliphatic carbocycles. The number of hydrogen-bond acceptors (Lipinski definition) is 7. The van der Waals surface area contributed by atoms with Gasteiger partial charge in [-0.25, -0.2) is 4.79 Å². The average Bonchev–Trinajstić information content (AvgIpc) is 2.94. The zero-order valence-corrected chi connectivity index (χ0v) is 12.2. The summed E-state index contributed by atoms with van der Waals surface area (Å²) in [4.78, 5) is 15.5. The lowest BCUT2D eigenvalue weighted by molar-refractivity contribution is -0.0409. The van der Waals surface area contributed by atoms with E-state index in [9.17, 15) is 9.90 Å². The highest BCUT2D eigenvalue weighted by molar-refractivity contribution is 5.28. The molecule has 3 rings (SSSR count). The van der Waals surface area contributed by atoms with Crippen LogP contribution in [-0.2, 0) is 4.74 Å². The number of nitrogens with one attached hydrogen (secondary N) is 1. The minimum atomic E-state index is -0.744. The molecule has 8 heteroatoms. The molecule has 1 aliphatic rings. The second kappa shape index (κ2) is 6.78. The van der Waals surface area contributed by atoms with Gasteiger partial charge in [0.15, 0.2) is 5.82 Å². The van der Waals surface area contributed by atoms with Crippen LogP contribution in [0, 0.1) is 0 Å². The molecule has 122 valence electrons. The molecule has 0 saturated carbocycles. The number of hydrogen-bond donors (Lipinski definition) is 3. The predicted molar refractivity (Wildman–Crippen MR) is 80.4 cm³/mol. The fourth-order valence-corrected chi connectivity index (χ4v) is 2.43. The van der Waals surface area contributed by atoms with E-state index in [-0.39, 0.29) is 18.8 Å². The van der Waals surface area contributed by atoms with Crippen LogP contribution in [0.25, 0.3) is 0 Å². The number of ether oxygens (including phenoxy) is 2. The zero-order chi connectivity index (χ0) is 16.2. The number of nitrogens with zero attached hydrogens (tertiary/aromatic N) is 2. The monoisotopic (exact) mass is 319 g/mol. The van der Waals surface area contributed by atoms with E-state index in [1.807, 2.05) is 30.3 Å². The number of aliphatic hydroxyl groups excluding tert-OH is 1. The van der Waals surface area contributed by atoms with E-state index in [0.29, 0.717) is 5.75 Å². The van der Waals surface area contributed by atoms with Gasteiger partial charge in [0.05, 0.1) is 6.10 Å². The molecule has 2 heterocycles. The van der Waals surface area contributed by atoms with Crippen LogP contribution in [0.1, 0.15) is 12.6 Å². The summed E-state index contributed by atoms with van der Waals surface area (Å²) in [6.07, 6.45) is -0.196. The van der Waals surface area contributed by atoms with Crippen LogP contribution in [0.2, 0.25) is 0 Å². The third-order valence-corrected chi connectivity index (χ3v) is 3.62. The molecule has 0 bridgehead atoms. The number of rotatable bonds is 5. The van der Waals surface area contributed by atoms with Crippen molar-refractivity contribution in [3.8, 4) is 5.75 Å². The molecule has 1 aromatic heterocycles. The first-order valence-corrected chi connectivity index (χ1v) is 7.18. The molecular weight excluding hydrogens is 302 g/mol. The molecule has 0 unspecified atom stereocenters. The van der Waals surface area contributed by atoms with Crippen LogP contribution < -0.4 is 15.9 Å². The van der Waals surface area contributed by atoms with Gasteiger partial charge in [0.1, 0.15) is 24.7 Å². The predicted octanol–water partition coefficient (Wildman–Crippen LogP) is 0.772. The summed E-state index contributed by atoms with van der Waals surface area (Å²) in [5, 5.41) is 18.8. The van der Waals surface area contributed by atoms with Crippen molar-refractivity contribution in [1.29, 1.82) is 0 Å². The quantitative estimate of drug-likeness (QED) is 0.699. The van der Waals surface area contributed by atoms with Crippen molar-refractivity contribution in [2.45, 2.75) is 24.9 Å². The Morgan fingerprint density at radius 1 is 1.35 bits per heavy atom. The van der Waals surface area contributed by atoms with Crippen molar-refractivity contribution in [2.24, 2.45) is 0 Å². The second-order valence-corrected chi connectivity index (χ2v) is 5.17. The van der Waals surface area contributed by atoms with Crippen molar-refractivity contribution in [1.82, 2.24) is 9.55 Å². The van der Waals surface area contributed by atoms with Gasteiger partial charge in [0, 0.05) is 12.6 Å². The molecule has 0 radical (unpaired) electrons. The molecule has 0 amide bonds. The molecule has 1 fully saturated rings. The topological polar surface area (TPSA) is 106 Å². The highest BCUT2D eigenvalue weighted by atomic mass is 16.6. The summed E-state index contributed by atoms with van der Waals surface area (Å²) in [5.74, 6) is 0.734. The maximum absolute atomic E-state index is 11.9. The number of anilines is 1. The lowest BCUT2D eigenvalue weighted by atomic mass is 10.2. The first-order chi connectivity index (χ1) is 11.2. The molecule has 1 aromatic carbocycles. The normalized spacial score (nSPS) is 23.7. The third kappa shape index (κ3) is 3.50. The van der Waals surface area contributed by atoms with Crippen molar-refractivity contribution in [3.05, 3.63) is 53.1 Å². The van der Waals surface area contributed by atoms with Crippen molar-refractivity contribution >= 4 is 5.82 Å². The van der Waals surface area contributed by atoms with Crippen molar-refractivity contribution < 1.29 is 19.8 Å². The van der Waals surface area contributed by atoms with E-state index in [4.69, 9.17) is 14.7 Å². The molecule has 3 N–H and O–H groups in total. The number of aliphatic hydroxyl groups is 1. The molecular formula is C15H17N3O5. The molecule has 8 nitrogen and oxygen atoms in total. The Kier molecular flexibility index (Phi) is 4.56. The lowest BCUT2D eigenvalue weighted by Gasteiger charge is -2.16. The molecule has 0 spiro atoms. The maximum Gasteiger partial charge on any atom is 0.351 e. The van der Waals surface area contributed by atoms with Gasteiger partial charge in [-0.15, -0.1) is 0 Å². The van der Waals surface area contributed by atoms with Crippen LogP contribution in [0.3, 0.4) is 0 Å². The third-order valence-electron chi connectivity index (χ3n) is 3.62. The van der Waals surface area contributed by atoms with Crippen LogP contribution in [-0.4, -0.2) is 38.7 Å². The van der Waals surface area contributed by atoms with E-state index in [1.54, 1.807) is 5.48 Å². The SMILES string of the molecule is O=c1nc(NO)ccn1[C@H]1C[C@H](O)[C@@H](COc2ccccc2)O1. The first-order valence-electron chi connectivity index (χ1n) is 7.18. The molecule has 2 aromatic rings. The maximum atomic E-state index is 11.9. The van der Waals surface area contributed by atoms with E-state index in [1.165, 1.54) is 16.8 Å². The Morgan fingerprint density at radius 3 is 2.83 bits per heavy atom. The number of para-hydroxylation sites is 1. The summed E-state index contributed by atoms with van der Waals surface area (Å²) in [7, 11) is 0. The summed E-state index contributed by atoms with van der Waals surface area (Å²) >= 11 is 0. The fourth-order valence-electron chi connectivity index (χ4n) is 2.43. The van der Waals surface area contributed by atoms with Gasteiger partial charge >= 0.3 is 5.69 Å². The summed E-state index contributed by atoms with van der Waals surface area (Å²) < 4.78 is 12.6. The van der Waals surface area contributed by atoms with E-state index >= 15 is 0 Å². The van der Waals surface area contributed by atoms with Crippen LogP contribution in [0.15, 0.2) is 47.4 Å². The van der Waals surface area contributed by atoms with Gasteiger partial charge in [-0.05, 0) is 18.2 Å². The average molecular weight is 319 g/mol. The van der Waals surface area contributed by atoms with Gasteiger partial charge in [0.2, 0.25) is 0 Å². The molecule has 3 atom stereocenters. The number of benzene rings is 1. The van der Waals surface area contributed by atoms with E-state index in [0.717, 1.165) is 0 Å². The largest absolute Gasteiger partial charge is 0.491 e. The minimum Gasteiger partial charge on any atom is -0.491 e. The van der Waals surface area contributed by atoms with Gasteiger partial charge in [-0.1, -0.05) is 18.2 Å². The Labute approximate surface area is 131 Å². The standard InChI is InChI=1S/C15H17N3O5/c19-11-8-14(18-7-6-13(17-21)16-15(18)20)23-12(11)9-22-10-4-2-1-3-5-10/h1-7,11-12,14,19,21H,8-9H2,(H,16,17,20)/t11-,12+,14+/m0/s1. The molecule has 1 aliphatic heterocycles. The van der Waals surface area contributed by atoms with E-state index in [2.05, 4.69) is 4.98 Å².